The normalized spacial score (nSPS) is 13.3. The number of hydrogen-bond acceptors (Lipinski definition) is 3. The Hall–Kier alpha value is -1.86. The Morgan fingerprint density at radius 2 is 2.05 bits per heavy atom. The van der Waals surface area contributed by atoms with Gasteiger partial charge in [0.2, 0.25) is 5.91 Å². The molecule has 0 saturated carbocycles. The van der Waals surface area contributed by atoms with Crippen molar-refractivity contribution >= 4 is 5.91 Å². The van der Waals surface area contributed by atoms with Crippen LogP contribution in [0.15, 0.2) is 30.3 Å². The van der Waals surface area contributed by atoms with E-state index in [0.717, 1.165) is 12.0 Å². The molecule has 0 aromatic heterocycles. The molecule has 19 heavy (non-hydrogen) atoms. The minimum Gasteiger partial charge on any atom is -0.355 e. The monoisotopic (exact) mass is 259 g/mol. The van der Waals surface area contributed by atoms with Gasteiger partial charge >= 0.3 is 0 Å². The molecule has 0 heterocycles. The fourth-order valence-corrected chi connectivity index (χ4v) is 1.71. The number of carbonyl (C=O) groups excluding carboxylic acids is 1. The second-order valence-electron chi connectivity index (χ2n) is 4.51. The highest BCUT2D eigenvalue weighted by Crippen LogP contribution is 2.13. The molecule has 0 bridgehead atoms. The highest BCUT2D eigenvalue weighted by molar-refractivity contribution is 5.81. The van der Waals surface area contributed by atoms with Gasteiger partial charge in [-0.15, -0.1) is 0 Å². The standard InChI is InChI=1S/C15H21N3O/c1-3-9-17-15(19)12(2)18-11-14(10-16)13-7-5-4-6-8-13/h4-8,12,14,18H,3,9,11H2,1-2H3,(H,17,19). The Morgan fingerprint density at radius 3 is 2.63 bits per heavy atom. The lowest BCUT2D eigenvalue weighted by atomic mass is 10.0. The summed E-state index contributed by atoms with van der Waals surface area (Å²) in [7, 11) is 0. The van der Waals surface area contributed by atoms with Gasteiger partial charge in [0.25, 0.3) is 0 Å². The van der Waals surface area contributed by atoms with Crippen molar-refractivity contribution in [2.45, 2.75) is 32.2 Å². The zero-order chi connectivity index (χ0) is 14.1. The first-order valence-electron chi connectivity index (χ1n) is 6.64. The van der Waals surface area contributed by atoms with Gasteiger partial charge in [0.05, 0.1) is 18.0 Å². The van der Waals surface area contributed by atoms with Crippen LogP contribution < -0.4 is 10.6 Å². The number of rotatable bonds is 7. The molecule has 0 aliphatic rings. The molecule has 0 radical (unpaired) electrons. The highest BCUT2D eigenvalue weighted by atomic mass is 16.2. The van der Waals surface area contributed by atoms with Crippen LogP contribution in [0.25, 0.3) is 0 Å². The number of carbonyl (C=O) groups is 1. The molecule has 2 atom stereocenters. The maximum absolute atomic E-state index is 11.7. The fourth-order valence-electron chi connectivity index (χ4n) is 1.71. The van der Waals surface area contributed by atoms with Crippen LogP contribution in [-0.2, 0) is 4.79 Å². The van der Waals surface area contributed by atoms with E-state index in [1.54, 1.807) is 0 Å². The second kappa shape index (κ2) is 8.28. The summed E-state index contributed by atoms with van der Waals surface area (Å²) < 4.78 is 0. The zero-order valence-corrected chi connectivity index (χ0v) is 11.5. The largest absolute Gasteiger partial charge is 0.355 e. The molecule has 2 N–H and O–H groups in total. The predicted octanol–water partition coefficient (Wildman–Crippen LogP) is 1.80. The molecule has 1 amide bonds. The summed E-state index contributed by atoms with van der Waals surface area (Å²) in [6.45, 7) is 4.98. The maximum Gasteiger partial charge on any atom is 0.236 e. The van der Waals surface area contributed by atoms with Gasteiger partial charge in [0, 0.05) is 13.1 Å². The Balaban J connectivity index is 2.46. The summed E-state index contributed by atoms with van der Waals surface area (Å²) in [5.41, 5.74) is 0.971. The Morgan fingerprint density at radius 1 is 1.37 bits per heavy atom. The molecule has 102 valence electrons. The van der Waals surface area contributed by atoms with Crippen molar-refractivity contribution in [3.05, 3.63) is 35.9 Å². The summed E-state index contributed by atoms with van der Waals surface area (Å²) in [6, 6.07) is 11.6. The molecule has 0 saturated heterocycles. The van der Waals surface area contributed by atoms with Crippen molar-refractivity contribution in [2.24, 2.45) is 0 Å². The van der Waals surface area contributed by atoms with E-state index in [4.69, 9.17) is 0 Å². The van der Waals surface area contributed by atoms with Gasteiger partial charge in [-0.3, -0.25) is 4.79 Å². The molecule has 2 unspecified atom stereocenters. The van der Waals surface area contributed by atoms with Crippen LogP contribution in [0.2, 0.25) is 0 Å². The van der Waals surface area contributed by atoms with Crippen molar-refractivity contribution in [1.82, 2.24) is 10.6 Å². The zero-order valence-electron chi connectivity index (χ0n) is 11.5. The molecule has 1 aromatic rings. The average molecular weight is 259 g/mol. The quantitative estimate of drug-likeness (QED) is 0.784. The van der Waals surface area contributed by atoms with Crippen LogP contribution in [0, 0.1) is 11.3 Å². The van der Waals surface area contributed by atoms with Gasteiger partial charge < -0.3 is 10.6 Å². The minimum absolute atomic E-state index is 0.0217. The lowest BCUT2D eigenvalue weighted by molar-refractivity contribution is -0.122. The molecular formula is C15H21N3O. The van der Waals surface area contributed by atoms with Crippen molar-refractivity contribution in [1.29, 1.82) is 5.26 Å². The molecule has 1 rings (SSSR count). The molecule has 0 aliphatic heterocycles. The predicted molar refractivity (Wildman–Crippen MR) is 75.6 cm³/mol. The summed E-state index contributed by atoms with van der Waals surface area (Å²) >= 11 is 0. The third-order valence-corrected chi connectivity index (χ3v) is 2.93. The van der Waals surface area contributed by atoms with Crippen LogP contribution in [0.1, 0.15) is 31.7 Å². The second-order valence-corrected chi connectivity index (χ2v) is 4.51. The van der Waals surface area contributed by atoms with Crippen LogP contribution >= 0.6 is 0 Å². The van der Waals surface area contributed by atoms with Gasteiger partial charge in [-0.2, -0.15) is 5.26 Å². The van der Waals surface area contributed by atoms with Crippen molar-refractivity contribution < 1.29 is 4.79 Å². The summed E-state index contributed by atoms with van der Waals surface area (Å²) in [6.07, 6.45) is 0.920. The van der Waals surface area contributed by atoms with Gasteiger partial charge in [-0.1, -0.05) is 37.3 Å². The molecule has 0 fully saturated rings. The summed E-state index contributed by atoms with van der Waals surface area (Å²) in [5, 5.41) is 15.1. The third kappa shape index (κ3) is 5.11. The summed E-state index contributed by atoms with van der Waals surface area (Å²) in [5.74, 6) is -0.255. The fraction of sp³-hybridized carbons (Fsp3) is 0.467. The molecule has 0 spiro atoms. The van der Waals surface area contributed by atoms with Crippen molar-refractivity contribution in [3.8, 4) is 6.07 Å². The van der Waals surface area contributed by atoms with E-state index >= 15 is 0 Å². The van der Waals surface area contributed by atoms with Crippen LogP contribution in [0.3, 0.4) is 0 Å². The first-order valence-corrected chi connectivity index (χ1v) is 6.64. The van der Waals surface area contributed by atoms with Gasteiger partial charge in [-0.25, -0.2) is 0 Å². The van der Waals surface area contributed by atoms with E-state index in [1.165, 1.54) is 0 Å². The van der Waals surface area contributed by atoms with E-state index in [2.05, 4.69) is 16.7 Å². The average Bonchev–Trinajstić information content (AvgIpc) is 2.46. The number of nitrogens with one attached hydrogen (secondary N) is 2. The van der Waals surface area contributed by atoms with Gasteiger partial charge in [0.1, 0.15) is 0 Å². The number of benzene rings is 1. The smallest absolute Gasteiger partial charge is 0.236 e. The van der Waals surface area contributed by atoms with Crippen LogP contribution in [0.5, 0.6) is 0 Å². The molecule has 1 aromatic carbocycles. The molecule has 4 heteroatoms. The number of nitriles is 1. The SMILES string of the molecule is CCCNC(=O)C(C)NCC(C#N)c1ccccc1. The van der Waals surface area contributed by atoms with Gasteiger partial charge in [-0.05, 0) is 18.9 Å². The highest BCUT2D eigenvalue weighted by Gasteiger charge is 2.15. The lowest BCUT2D eigenvalue weighted by Gasteiger charge is -2.16. The third-order valence-electron chi connectivity index (χ3n) is 2.93. The topological polar surface area (TPSA) is 64.9 Å². The molecular weight excluding hydrogens is 238 g/mol. The van der Waals surface area contributed by atoms with E-state index in [0.29, 0.717) is 13.1 Å². The molecule has 0 aliphatic carbocycles. The Labute approximate surface area is 114 Å². The van der Waals surface area contributed by atoms with Crippen LogP contribution in [0.4, 0.5) is 0 Å². The van der Waals surface area contributed by atoms with Crippen molar-refractivity contribution in [3.63, 3.8) is 0 Å². The first kappa shape index (κ1) is 15.2. The van der Waals surface area contributed by atoms with Crippen LogP contribution in [-0.4, -0.2) is 25.0 Å². The number of amides is 1. The maximum atomic E-state index is 11.7. The van der Waals surface area contributed by atoms with Gasteiger partial charge in [0.15, 0.2) is 0 Å². The molecule has 4 nitrogen and oxygen atoms in total. The van der Waals surface area contributed by atoms with E-state index in [-0.39, 0.29) is 17.9 Å². The van der Waals surface area contributed by atoms with Crippen molar-refractivity contribution in [2.75, 3.05) is 13.1 Å². The van der Waals surface area contributed by atoms with E-state index < -0.39 is 0 Å². The first-order chi connectivity index (χ1) is 9.19. The number of hydrogen-bond donors (Lipinski definition) is 2. The van der Waals surface area contributed by atoms with E-state index in [9.17, 15) is 10.1 Å². The number of nitrogens with zero attached hydrogens (tertiary/aromatic N) is 1. The Bertz CT molecular complexity index is 425. The lowest BCUT2D eigenvalue weighted by Crippen LogP contribution is -2.43. The minimum atomic E-state index is -0.286. The summed E-state index contributed by atoms with van der Waals surface area (Å²) in [4.78, 5) is 11.7. The Kier molecular flexibility index (Phi) is 6.62. The van der Waals surface area contributed by atoms with E-state index in [1.807, 2.05) is 44.2 Å².